The first-order valence-corrected chi connectivity index (χ1v) is 7.37. The lowest BCUT2D eigenvalue weighted by molar-refractivity contribution is 0.0930. The largest absolute Gasteiger partial charge is 0.349 e. The van der Waals surface area contributed by atoms with E-state index in [0.717, 1.165) is 24.6 Å². The van der Waals surface area contributed by atoms with Gasteiger partial charge in [-0.1, -0.05) is 28.4 Å². The van der Waals surface area contributed by atoms with Crippen molar-refractivity contribution in [1.82, 2.24) is 5.32 Å². The Morgan fingerprint density at radius 1 is 1.50 bits per heavy atom. The molecule has 1 aliphatic carbocycles. The van der Waals surface area contributed by atoms with E-state index >= 15 is 0 Å². The fourth-order valence-electron chi connectivity index (χ4n) is 2.40. The molecule has 18 heavy (non-hydrogen) atoms. The van der Waals surface area contributed by atoms with E-state index in [1.54, 1.807) is 19.1 Å². The summed E-state index contributed by atoms with van der Waals surface area (Å²) in [6, 6.07) is 4.83. The summed E-state index contributed by atoms with van der Waals surface area (Å²) in [5.41, 5.74) is 0.962. The lowest BCUT2D eigenvalue weighted by atomic mass is 10.1. The number of hydrogen-bond acceptors (Lipinski definition) is 1. The van der Waals surface area contributed by atoms with Crippen molar-refractivity contribution in [1.29, 1.82) is 0 Å². The van der Waals surface area contributed by atoms with Crippen LogP contribution in [-0.4, -0.2) is 17.3 Å². The van der Waals surface area contributed by atoms with Crippen LogP contribution >= 0.6 is 15.9 Å². The Morgan fingerprint density at radius 2 is 2.28 bits per heavy atom. The van der Waals surface area contributed by atoms with E-state index in [0.29, 0.717) is 17.0 Å². The Hall–Kier alpha value is -0.900. The zero-order chi connectivity index (χ0) is 13.1. The van der Waals surface area contributed by atoms with Crippen molar-refractivity contribution in [3.05, 3.63) is 35.1 Å². The molecule has 0 aliphatic heterocycles. The maximum Gasteiger partial charge on any atom is 0.251 e. The van der Waals surface area contributed by atoms with Gasteiger partial charge in [-0.2, -0.15) is 0 Å². The van der Waals surface area contributed by atoms with Gasteiger partial charge in [-0.15, -0.1) is 0 Å². The van der Waals surface area contributed by atoms with E-state index in [1.165, 1.54) is 6.07 Å². The van der Waals surface area contributed by atoms with Gasteiger partial charge in [-0.05, 0) is 43.4 Å². The Kier molecular flexibility index (Phi) is 4.38. The van der Waals surface area contributed by atoms with Crippen molar-refractivity contribution in [3.63, 3.8) is 0 Å². The standard InChI is InChI=1S/C14H17BrFNO/c1-9-5-6-10(7-12(9)16)14(18)17-13-4-2-3-11(13)8-15/h5-7,11,13H,2-4,8H2,1H3,(H,17,18). The quantitative estimate of drug-likeness (QED) is 0.851. The molecular formula is C14H17BrFNO. The van der Waals surface area contributed by atoms with Gasteiger partial charge >= 0.3 is 0 Å². The highest BCUT2D eigenvalue weighted by atomic mass is 79.9. The number of amides is 1. The summed E-state index contributed by atoms with van der Waals surface area (Å²) in [5.74, 6) is -0.0119. The van der Waals surface area contributed by atoms with Gasteiger partial charge in [0.15, 0.2) is 0 Å². The maximum atomic E-state index is 13.4. The molecule has 1 aromatic carbocycles. The average molecular weight is 314 g/mol. The molecule has 1 aliphatic rings. The third-order valence-electron chi connectivity index (χ3n) is 3.61. The van der Waals surface area contributed by atoms with Crippen LogP contribution in [0.5, 0.6) is 0 Å². The number of carbonyl (C=O) groups is 1. The molecule has 0 heterocycles. The lowest BCUT2D eigenvalue weighted by Gasteiger charge is -2.19. The summed E-state index contributed by atoms with van der Waals surface area (Å²) < 4.78 is 13.4. The number of rotatable bonds is 3. The summed E-state index contributed by atoms with van der Waals surface area (Å²) in [4.78, 5) is 12.0. The SMILES string of the molecule is Cc1ccc(C(=O)NC2CCCC2CBr)cc1F. The number of aryl methyl sites for hydroxylation is 1. The molecule has 2 atom stereocenters. The van der Waals surface area contributed by atoms with Crippen molar-refractivity contribution in [3.8, 4) is 0 Å². The Bertz CT molecular complexity index is 449. The van der Waals surface area contributed by atoms with Gasteiger partial charge in [0.25, 0.3) is 5.91 Å². The van der Waals surface area contributed by atoms with Crippen LogP contribution in [-0.2, 0) is 0 Å². The second-order valence-electron chi connectivity index (χ2n) is 4.89. The minimum absolute atomic E-state index is 0.174. The Labute approximate surface area is 115 Å². The molecule has 0 bridgehead atoms. The summed E-state index contributed by atoms with van der Waals surface area (Å²) in [6.07, 6.45) is 3.29. The normalized spacial score (nSPS) is 23.1. The third kappa shape index (κ3) is 2.91. The fourth-order valence-corrected chi connectivity index (χ4v) is 3.17. The zero-order valence-corrected chi connectivity index (χ0v) is 12.0. The molecule has 4 heteroatoms. The van der Waals surface area contributed by atoms with Crippen LogP contribution in [0.15, 0.2) is 18.2 Å². The lowest BCUT2D eigenvalue weighted by Crippen LogP contribution is -2.37. The molecule has 1 fully saturated rings. The van der Waals surface area contributed by atoms with E-state index in [2.05, 4.69) is 21.2 Å². The molecule has 1 aromatic rings. The van der Waals surface area contributed by atoms with Crippen molar-refractivity contribution >= 4 is 21.8 Å². The van der Waals surface area contributed by atoms with Crippen molar-refractivity contribution in [2.24, 2.45) is 5.92 Å². The molecule has 2 nitrogen and oxygen atoms in total. The maximum absolute atomic E-state index is 13.4. The zero-order valence-electron chi connectivity index (χ0n) is 10.4. The predicted molar refractivity (Wildman–Crippen MR) is 73.5 cm³/mol. The van der Waals surface area contributed by atoms with E-state index in [9.17, 15) is 9.18 Å². The summed E-state index contributed by atoms with van der Waals surface area (Å²) >= 11 is 3.47. The number of halogens is 2. The molecule has 2 unspecified atom stereocenters. The van der Waals surface area contributed by atoms with Crippen LogP contribution in [0, 0.1) is 18.7 Å². The molecule has 98 valence electrons. The number of hydrogen-bond donors (Lipinski definition) is 1. The topological polar surface area (TPSA) is 29.1 Å². The second kappa shape index (κ2) is 5.83. The average Bonchev–Trinajstić information content (AvgIpc) is 2.79. The van der Waals surface area contributed by atoms with Crippen LogP contribution in [0.2, 0.25) is 0 Å². The van der Waals surface area contributed by atoms with Gasteiger partial charge in [-0.3, -0.25) is 4.79 Å². The first-order chi connectivity index (χ1) is 8.61. The predicted octanol–water partition coefficient (Wildman–Crippen LogP) is 3.43. The van der Waals surface area contributed by atoms with Gasteiger partial charge in [0.2, 0.25) is 0 Å². The monoisotopic (exact) mass is 313 g/mol. The van der Waals surface area contributed by atoms with Crippen LogP contribution in [0.4, 0.5) is 4.39 Å². The number of carbonyl (C=O) groups excluding carboxylic acids is 1. The van der Waals surface area contributed by atoms with E-state index in [1.807, 2.05) is 0 Å². The first kappa shape index (κ1) is 13.5. The summed E-state index contributed by atoms with van der Waals surface area (Å²) in [7, 11) is 0. The van der Waals surface area contributed by atoms with Gasteiger partial charge in [0.05, 0.1) is 0 Å². The highest BCUT2D eigenvalue weighted by Crippen LogP contribution is 2.27. The van der Waals surface area contributed by atoms with Crippen LogP contribution in [0.25, 0.3) is 0 Å². The highest BCUT2D eigenvalue weighted by Gasteiger charge is 2.27. The van der Waals surface area contributed by atoms with Gasteiger partial charge in [-0.25, -0.2) is 4.39 Å². The minimum atomic E-state index is -0.328. The molecule has 1 amide bonds. The molecule has 0 aromatic heterocycles. The molecule has 0 saturated heterocycles. The fraction of sp³-hybridized carbons (Fsp3) is 0.500. The highest BCUT2D eigenvalue weighted by molar-refractivity contribution is 9.09. The molecule has 1 saturated carbocycles. The van der Waals surface area contributed by atoms with Crippen LogP contribution in [0.1, 0.15) is 35.2 Å². The number of nitrogens with one attached hydrogen (secondary N) is 1. The summed E-state index contributed by atoms with van der Waals surface area (Å²) in [5, 5.41) is 3.91. The first-order valence-electron chi connectivity index (χ1n) is 6.25. The van der Waals surface area contributed by atoms with E-state index < -0.39 is 0 Å². The van der Waals surface area contributed by atoms with Crippen molar-refractivity contribution in [2.75, 3.05) is 5.33 Å². The van der Waals surface area contributed by atoms with Crippen LogP contribution < -0.4 is 5.32 Å². The molecular weight excluding hydrogens is 297 g/mol. The smallest absolute Gasteiger partial charge is 0.251 e. The molecule has 0 spiro atoms. The second-order valence-corrected chi connectivity index (χ2v) is 5.54. The van der Waals surface area contributed by atoms with Gasteiger partial charge in [0, 0.05) is 16.9 Å². The third-order valence-corrected chi connectivity index (χ3v) is 4.44. The molecule has 0 radical (unpaired) electrons. The van der Waals surface area contributed by atoms with Gasteiger partial charge in [0.1, 0.15) is 5.82 Å². The van der Waals surface area contributed by atoms with Gasteiger partial charge < -0.3 is 5.32 Å². The summed E-state index contributed by atoms with van der Waals surface area (Å²) in [6.45, 7) is 1.69. The number of benzene rings is 1. The minimum Gasteiger partial charge on any atom is -0.349 e. The van der Waals surface area contributed by atoms with E-state index in [4.69, 9.17) is 0 Å². The van der Waals surface area contributed by atoms with Crippen molar-refractivity contribution in [2.45, 2.75) is 32.2 Å². The van der Waals surface area contributed by atoms with E-state index in [-0.39, 0.29) is 17.8 Å². The van der Waals surface area contributed by atoms with Crippen LogP contribution in [0.3, 0.4) is 0 Å². The van der Waals surface area contributed by atoms with Crippen molar-refractivity contribution < 1.29 is 9.18 Å². The molecule has 2 rings (SSSR count). The number of alkyl halides is 1. The Balaban J connectivity index is 2.05. The molecule has 1 N–H and O–H groups in total. The Morgan fingerprint density at radius 3 is 2.94 bits per heavy atom.